The summed E-state index contributed by atoms with van der Waals surface area (Å²) in [5.41, 5.74) is 6.17. The van der Waals surface area contributed by atoms with Crippen molar-refractivity contribution in [2.75, 3.05) is 38.1 Å². The van der Waals surface area contributed by atoms with Crippen LogP contribution in [0, 0.1) is 13.8 Å². The van der Waals surface area contributed by atoms with Crippen molar-refractivity contribution >= 4 is 46.3 Å². The molecule has 38 heavy (non-hydrogen) atoms. The summed E-state index contributed by atoms with van der Waals surface area (Å²) in [5, 5.41) is 8.34. The van der Waals surface area contributed by atoms with E-state index in [-0.39, 0.29) is 24.0 Å². The van der Waals surface area contributed by atoms with Gasteiger partial charge in [0.1, 0.15) is 5.75 Å². The number of pyridine rings is 1. The molecule has 1 aliphatic rings. The van der Waals surface area contributed by atoms with E-state index in [1.807, 2.05) is 37.3 Å². The number of rotatable bonds is 10. The van der Waals surface area contributed by atoms with Crippen LogP contribution in [0.5, 0.6) is 5.75 Å². The van der Waals surface area contributed by atoms with Crippen molar-refractivity contribution in [3.63, 3.8) is 0 Å². The van der Waals surface area contributed by atoms with Gasteiger partial charge in [0, 0.05) is 30.9 Å². The average molecular weight is 558 g/mol. The standard InChI is InChI=1S/C29H39N5O2S.ClH/c1-6-33(7-2)18-26-19(4)13-21-14-22(28(35)32-27(21)20(26)5)17-34(24-15-30-16-24)29(37)31-23-9-11-25(12-10-23)36-8-3;/h9-14,24,30H,6-8,15-18H2,1-5H3,(H,31,37)(H,32,35);1H. The number of aryl methyl sites for hydroxylation is 2. The van der Waals surface area contributed by atoms with Gasteiger partial charge >= 0.3 is 0 Å². The van der Waals surface area contributed by atoms with Gasteiger partial charge in [0.05, 0.1) is 24.7 Å². The summed E-state index contributed by atoms with van der Waals surface area (Å²) < 4.78 is 5.54. The molecule has 0 atom stereocenters. The molecule has 0 radical (unpaired) electrons. The van der Waals surface area contributed by atoms with E-state index >= 15 is 0 Å². The molecule has 206 valence electrons. The van der Waals surface area contributed by atoms with Gasteiger partial charge in [0.25, 0.3) is 5.56 Å². The topological polar surface area (TPSA) is 72.6 Å². The van der Waals surface area contributed by atoms with Crippen LogP contribution in [0.2, 0.25) is 0 Å². The first-order valence-corrected chi connectivity index (χ1v) is 13.6. The number of anilines is 1. The molecule has 1 fully saturated rings. The van der Waals surface area contributed by atoms with E-state index < -0.39 is 0 Å². The van der Waals surface area contributed by atoms with Crippen LogP contribution in [-0.2, 0) is 13.1 Å². The Labute approximate surface area is 237 Å². The minimum absolute atomic E-state index is 0. The summed E-state index contributed by atoms with van der Waals surface area (Å²) in [4.78, 5) is 21.0. The second kappa shape index (κ2) is 13.4. The highest BCUT2D eigenvalue weighted by molar-refractivity contribution is 7.80. The van der Waals surface area contributed by atoms with Gasteiger partial charge in [-0.1, -0.05) is 13.8 Å². The number of ether oxygens (including phenoxy) is 1. The van der Waals surface area contributed by atoms with E-state index in [2.05, 4.69) is 59.2 Å². The molecular formula is C29H40ClN5O2S. The second-order valence-electron chi connectivity index (χ2n) is 9.67. The lowest BCUT2D eigenvalue weighted by molar-refractivity contribution is 0.228. The molecule has 2 aromatic carbocycles. The van der Waals surface area contributed by atoms with Crippen molar-refractivity contribution in [3.8, 4) is 5.75 Å². The van der Waals surface area contributed by atoms with Gasteiger partial charge in [0.15, 0.2) is 5.11 Å². The third-order valence-electron chi connectivity index (χ3n) is 7.32. The maximum Gasteiger partial charge on any atom is 0.253 e. The number of fused-ring (bicyclic) bond motifs is 1. The number of hydrogen-bond donors (Lipinski definition) is 3. The predicted molar refractivity (Wildman–Crippen MR) is 164 cm³/mol. The Balaban J connectivity index is 0.00000400. The molecule has 0 unspecified atom stereocenters. The Morgan fingerprint density at radius 2 is 1.76 bits per heavy atom. The highest BCUT2D eigenvalue weighted by Gasteiger charge is 2.28. The van der Waals surface area contributed by atoms with E-state index in [1.165, 1.54) is 11.1 Å². The molecule has 9 heteroatoms. The fraction of sp³-hybridized carbons (Fsp3) is 0.448. The minimum atomic E-state index is -0.0607. The van der Waals surface area contributed by atoms with Gasteiger partial charge in [-0.05, 0) is 105 Å². The van der Waals surface area contributed by atoms with Gasteiger partial charge in [-0.3, -0.25) is 9.69 Å². The Bertz CT molecular complexity index is 1300. The number of aromatic amines is 1. The molecule has 0 amide bonds. The summed E-state index contributed by atoms with van der Waals surface area (Å²) in [7, 11) is 0. The summed E-state index contributed by atoms with van der Waals surface area (Å²) in [5.74, 6) is 0.826. The van der Waals surface area contributed by atoms with E-state index in [4.69, 9.17) is 17.0 Å². The number of H-pyrrole nitrogens is 1. The van der Waals surface area contributed by atoms with Crippen LogP contribution in [0.1, 0.15) is 43.0 Å². The average Bonchev–Trinajstić information content (AvgIpc) is 2.85. The van der Waals surface area contributed by atoms with Crippen molar-refractivity contribution < 1.29 is 4.74 Å². The molecule has 3 aromatic rings. The fourth-order valence-corrected chi connectivity index (χ4v) is 5.19. The van der Waals surface area contributed by atoms with Crippen LogP contribution in [0.3, 0.4) is 0 Å². The van der Waals surface area contributed by atoms with Gasteiger partial charge in [-0.25, -0.2) is 0 Å². The Kier molecular flexibility index (Phi) is 10.6. The van der Waals surface area contributed by atoms with Crippen molar-refractivity contribution in [2.24, 2.45) is 0 Å². The fourth-order valence-electron chi connectivity index (χ4n) is 4.85. The number of nitrogens with one attached hydrogen (secondary N) is 3. The molecule has 3 N–H and O–H groups in total. The van der Waals surface area contributed by atoms with Gasteiger partial charge in [-0.2, -0.15) is 0 Å². The third kappa shape index (κ3) is 6.67. The van der Waals surface area contributed by atoms with Crippen LogP contribution >= 0.6 is 24.6 Å². The Morgan fingerprint density at radius 3 is 2.34 bits per heavy atom. The minimum Gasteiger partial charge on any atom is -0.494 e. The molecule has 0 spiro atoms. The number of benzene rings is 2. The molecule has 1 aliphatic heterocycles. The Morgan fingerprint density at radius 1 is 1.08 bits per heavy atom. The van der Waals surface area contributed by atoms with Crippen LogP contribution in [0.25, 0.3) is 10.9 Å². The lowest BCUT2D eigenvalue weighted by Crippen LogP contribution is -2.59. The van der Waals surface area contributed by atoms with E-state index in [0.717, 1.165) is 60.6 Å². The summed E-state index contributed by atoms with van der Waals surface area (Å²) in [6.07, 6.45) is 0. The molecule has 7 nitrogen and oxygen atoms in total. The quantitative estimate of drug-likeness (QED) is 0.304. The van der Waals surface area contributed by atoms with Crippen LogP contribution < -0.4 is 20.9 Å². The third-order valence-corrected chi connectivity index (χ3v) is 7.66. The smallest absolute Gasteiger partial charge is 0.253 e. The van der Waals surface area contributed by atoms with Crippen molar-refractivity contribution in [3.05, 3.63) is 69.0 Å². The molecule has 1 aromatic heterocycles. The SMILES string of the molecule is CCOc1ccc(NC(=S)N(Cc2cc3cc(C)c(CN(CC)CC)c(C)c3[nH]c2=O)C2CNC2)cc1.Cl. The molecule has 2 heterocycles. The van der Waals surface area contributed by atoms with Crippen molar-refractivity contribution in [1.82, 2.24) is 20.1 Å². The van der Waals surface area contributed by atoms with Gasteiger partial charge < -0.3 is 25.3 Å². The lowest BCUT2D eigenvalue weighted by Gasteiger charge is -2.39. The normalized spacial score (nSPS) is 13.2. The maximum absolute atomic E-state index is 13.3. The van der Waals surface area contributed by atoms with E-state index in [0.29, 0.717) is 23.8 Å². The monoisotopic (exact) mass is 557 g/mol. The second-order valence-corrected chi connectivity index (χ2v) is 10.1. The zero-order valence-corrected chi connectivity index (χ0v) is 24.7. The first-order chi connectivity index (χ1) is 17.8. The largest absolute Gasteiger partial charge is 0.494 e. The number of aromatic nitrogens is 1. The highest BCUT2D eigenvalue weighted by atomic mass is 35.5. The zero-order chi connectivity index (χ0) is 26.5. The number of halogens is 1. The predicted octanol–water partition coefficient (Wildman–Crippen LogP) is 4.98. The summed E-state index contributed by atoms with van der Waals surface area (Å²) >= 11 is 5.82. The van der Waals surface area contributed by atoms with Crippen LogP contribution in [-0.4, -0.2) is 58.7 Å². The Hall–Kier alpha value is -2.65. The molecule has 0 aliphatic carbocycles. The van der Waals surface area contributed by atoms with Crippen LogP contribution in [0.4, 0.5) is 5.69 Å². The van der Waals surface area contributed by atoms with E-state index in [9.17, 15) is 4.79 Å². The van der Waals surface area contributed by atoms with Gasteiger partial charge in [-0.15, -0.1) is 12.4 Å². The number of hydrogen-bond acceptors (Lipinski definition) is 5. The molecule has 0 bridgehead atoms. The molecular weight excluding hydrogens is 518 g/mol. The molecule has 1 saturated heterocycles. The van der Waals surface area contributed by atoms with Crippen molar-refractivity contribution in [1.29, 1.82) is 0 Å². The number of nitrogens with zero attached hydrogens (tertiary/aromatic N) is 2. The number of thiocarbonyl (C=S) groups is 1. The summed E-state index contributed by atoms with van der Waals surface area (Å²) in [6, 6.07) is 12.2. The first-order valence-electron chi connectivity index (χ1n) is 13.2. The zero-order valence-electron chi connectivity index (χ0n) is 23.0. The maximum atomic E-state index is 13.3. The lowest BCUT2D eigenvalue weighted by atomic mass is 9.97. The summed E-state index contributed by atoms with van der Waals surface area (Å²) in [6.45, 7) is 16.2. The van der Waals surface area contributed by atoms with E-state index in [1.54, 1.807) is 0 Å². The molecule has 0 saturated carbocycles. The first kappa shape index (κ1) is 29.9. The molecule has 4 rings (SSSR count). The van der Waals surface area contributed by atoms with Gasteiger partial charge in [0.2, 0.25) is 0 Å². The van der Waals surface area contributed by atoms with Crippen LogP contribution in [0.15, 0.2) is 41.2 Å². The highest BCUT2D eigenvalue weighted by Crippen LogP contribution is 2.26. The van der Waals surface area contributed by atoms with Crippen molar-refractivity contribution in [2.45, 2.75) is 53.8 Å².